The Kier molecular flexibility index (Phi) is 5.37. The molecule has 0 amide bonds. The maximum atomic E-state index is 8.57. The lowest BCUT2D eigenvalue weighted by molar-refractivity contribution is 0.218. The summed E-state index contributed by atoms with van der Waals surface area (Å²) in [5.41, 5.74) is 5.94. The van der Waals surface area contributed by atoms with Crippen LogP contribution in [-0.4, -0.2) is 35.5 Å². The number of pyridine rings is 1. The summed E-state index contributed by atoms with van der Waals surface area (Å²) in [5, 5.41) is 12.5. The fraction of sp³-hybridized carbons (Fsp3) is 0.333. The summed E-state index contributed by atoms with van der Waals surface area (Å²) in [6, 6.07) is 1.60. The van der Waals surface area contributed by atoms with E-state index in [1.54, 1.807) is 19.4 Å². The Balaban J connectivity index is 2.86. The summed E-state index contributed by atoms with van der Waals surface area (Å²) < 4.78 is 4.92. The predicted molar refractivity (Wildman–Crippen MR) is 64.4 cm³/mol. The smallest absolute Gasteiger partial charge is 0.171 e. The van der Waals surface area contributed by atoms with Crippen molar-refractivity contribution in [1.29, 1.82) is 0 Å². The quantitative estimate of drug-likeness (QED) is 0.210. The van der Waals surface area contributed by atoms with Gasteiger partial charge in [0.2, 0.25) is 0 Å². The van der Waals surface area contributed by atoms with E-state index in [1.807, 2.05) is 0 Å². The SMILES string of the molecule is COCCSc1nccc(/C(N)=N/O)c1Cl. The molecule has 0 aliphatic rings. The molecule has 0 unspecified atom stereocenters. The van der Waals surface area contributed by atoms with Crippen LogP contribution in [-0.2, 0) is 4.74 Å². The third kappa shape index (κ3) is 3.26. The molecule has 5 nitrogen and oxygen atoms in total. The van der Waals surface area contributed by atoms with E-state index in [2.05, 4.69) is 10.1 Å². The second-order valence-corrected chi connectivity index (χ2v) is 4.27. The minimum atomic E-state index is -0.0269. The summed E-state index contributed by atoms with van der Waals surface area (Å²) in [6.07, 6.45) is 1.56. The van der Waals surface area contributed by atoms with Crippen molar-refractivity contribution in [2.45, 2.75) is 5.03 Å². The van der Waals surface area contributed by atoms with Crippen LogP contribution >= 0.6 is 23.4 Å². The number of oxime groups is 1. The van der Waals surface area contributed by atoms with Crippen LogP contribution in [0.25, 0.3) is 0 Å². The molecule has 1 aromatic rings. The molecule has 1 aromatic heterocycles. The Bertz CT molecular complexity index is 387. The number of thioether (sulfide) groups is 1. The van der Waals surface area contributed by atoms with Gasteiger partial charge in [-0.05, 0) is 6.07 Å². The van der Waals surface area contributed by atoms with Gasteiger partial charge in [0.05, 0.1) is 11.6 Å². The van der Waals surface area contributed by atoms with Crippen LogP contribution in [0.3, 0.4) is 0 Å². The molecule has 0 spiro atoms. The Labute approximate surface area is 103 Å². The highest BCUT2D eigenvalue weighted by Gasteiger charge is 2.11. The largest absolute Gasteiger partial charge is 0.409 e. The highest BCUT2D eigenvalue weighted by Crippen LogP contribution is 2.27. The molecule has 3 N–H and O–H groups in total. The molecular weight excluding hydrogens is 250 g/mol. The lowest BCUT2D eigenvalue weighted by atomic mass is 10.2. The Morgan fingerprint density at radius 1 is 1.75 bits per heavy atom. The molecule has 7 heteroatoms. The third-order valence-corrected chi connectivity index (χ3v) is 3.22. The first-order valence-corrected chi connectivity index (χ1v) is 5.81. The van der Waals surface area contributed by atoms with Gasteiger partial charge in [-0.3, -0.25) is 0 Å². The monoisotopic (exact) mass is 261 g/mol. The number of amidine groups is 1. The minimum Gasteiger partial charge on any atom is -0.409 e. The lowest BCUT2D eigenvalue weighted by Crippen LogP contribution is -2.14. The summed E-state index contributed by atoms with van der Waals surface area (Å²) in [6.45, 7) is 0.608. The number of methoxy groups -OCH3 is 1. The second-order valence-electron chi connectivity index (χ2n) is 2.80. The first-order valence-electron chi connectivity index (χ1n) is 4.44. The Morgan fingerprint density at radius 3 is 3.12 bits per heavy atom. The Hall–Kier alpha value is -0.980. The molecule has 0 radical (unpaired) electrons. The van der Waals surface area contributed by atoms with Crippen LogP contribution in [0.2, 0.25) is 5.02 Å². The highest BCUT2D eigenvalue weighted by molar-refractivity contribution is 7.99. The molecule has 1 heterocycles. The van der Waals surface area contributed by atoms with E-state index in [0.717, 1.165) is 5.75 Å². The van der Waals surface area contributed by atoms with Crippen molar-refractivity contribution in [1.82, 2.24) is 4.98 Å². The van der Waals surface area contributed by atoms with Gasteiger partial charge in [-0.25, -0.2) is 4.98 Å². The first kappa shape index (κ1) is 13.1. The number of hydrogen-bond acceptors (Lipinski definition) is 5. The van der Waals surface area contributed by atoms with Gasteiger partial charge in [0.25, 0.3) is 0 Å². The van der Waals surface area contributed by atoms with Crippen LogP contribution in [0.15, 0.2) is 22.4 Å². The van der Waals surface area contributed by atoms with E-state index in [9.17, 15) is 0 Å². The van der Waals surface area contributed by atoms with Crippen LogP contribution in [0.5, 0.6) is 0 Å². The summed E-state index contributed by atoms with van der Waals surface area (Å²) >= 11 is 7.52. The van der Waals surface area contributed by atoms with Crippen molar-refractivity contribution in [3.8, 4) is 0 Å². The molecular formula is C9H12ClN3O2S. The molecule has 1 rings (SSSR count). The van der Waals surface area contributed by atoms with Gasteiger partial charge in [0.15, 0.2) is 5.84 Å². The molecule has 0 saturated carbocycles. The molecule has 0 fully saturated rings. The van der Waals surface area contributed by atoms with Crippen molar-refractivity contribution >= 4 is 29.2 Å². The molecule has 0 aliphatic carbocycles. The van der Waals surface area contributed by atoms with Crippen molar-refractivity contribution in [2.24, 2.45) is 10.9 Å². The number of rotatable bonds is 5. The van der Waals surface area contributed by atoms with Gasteiger partial charge in [-0.1, -0.05) is 16.8 Å². The van der Waals surface area contributed by atoms with Gasteiger partial charge in [-0.15, -0.1) is 11.8 Å². The topological polar surface area (TPSA) is 80.7 Å². The Morgan fingerprint density at radius 2 is 2.50 bits per heavy atom. The molecule has 88 valence electrons. The lowest BCUT2D eigenvalue weighted by Gasteiger charge is -2.06. The molecule has 0 aromatic carbocycles. The molecule has 0 bridgehead atoms. The maximum Gasteiger partial charge on any atom is 0.171 e. The van der Waals surface area contributed by atoms with Gasteiger partial charge in [-0.2, -0.15) is 0 Å². The summed E-state index contributed by atoms with van der Waals surface area (Å²) in [7, 11) is 1.63. The zero-order valence-electron chi connectivity index (χ0n) is 8.68. The van der Waals surface area contributed by atoms with Crippen LogP contribution in [0, 0.1) is 0 Å². The van der Waals surface area contributed by atoms with Crippen molar-refractivity contribution < 1.29 is 9.94 Å². The standard InChI is InChI=1S/C9H12ClN3O2S/c1-15-4-5-16-9-7(10)6(2-3-12-9)8(11)13-14/h2-3,14H,4-5H2,1H3,(H2,11,13). The van der Waals surface area contributed by atoms with Gasteiger partial charge < -0.3 is 15.7 Å². The van der Waals surface area contributed by atoms with Gasteiger partial charge in [0.1, 0.15) is 5.03 Å². The third-order valence-electron chi connectivity index (χ3n) is 1.77. The fourth-order valence-electron chi connectivity index (χ4n) is 0.999. The second kappa shape index (κ2) is 6.57. The van der Waals surface area contributed by atoms with E-state index in [4.69, 9.17) is 27.3 Å². The average Bonchev–Trinajstić information content (AvgIpc) is 2.30. The molecule has 0 atom stereocenters. The number of nitrogens with two attached hydrogens (primary N) is 1. The van der Waals surface area contributed by atoms with Crippen LogP contribution in [0.4, 0.5) is 0 Å². The van der Waals surface area contributed by atoms with E-state index < -0.39 is 0 Å². The normalized spacial score (nSPS) is 11.8. The number of aromatic nitrogens is 1. The number of nitrogens with zero attached hydrogens (tertiary/aromatic N) is 2. The van der Waals surface area contributed by atoms with E-state index in [-0.39, 0.29) is 5.84 Å². The molecule has 16 heavy (non-hydrogen) atoms. The van der Waals surface area contributed by atoms with Crippen molar-refractivity contribution in [3.63, 3.8) is 0 Å². The predicted octanol–water partition coefficient (Wildman–Crippen LogP) is 1.57. The minimum absolute atomic E-state index is 0.0269. The average molecular weight is 262 g/mol. The van der Waals surface area contributed by atoms with E-state index in [1.165, 1.54) is 11.8 Å². The number of halogens is 1. The van der Waals surface area contributed by atoms with Crippen LogP contribution in [0.1, 0.15) is 5.56 Å². The summed E-state index contributed by atoms with van der Waals surface area (Å²) in [5.74, 6) is 0.712. The first-order chi connectivity index (χ1) is 7.70. The van der Waals surface area contributed by atoms with E-state index >= 15 is 0 Å². The fourth-order valence-corrected chi connectivity index (χ4v) is 2.19. The zero-order chi connectivity index (χ0) is 12.0. The number of ether oxygens (including phenoxy) is 1. The van der Waals surface area contributed by atoms with Crippen molar-refractivity contribution in [2.75, 3.05) is 19.5 Å². The van der Waals surface area contributed by atoms with E-state index in [0.29, 0.717) is 22.2 Å². The number of hydrogen-bond donors (Lipinski definition) is 2. The van der Waals surface area contributed by atoms with Crippen molar-refractivity contribution in [3.05, 3.63) is 22.8 Å². The summed E-state index contributed by atoms with van der Waals surface area (Å²) in [4.78, 5) is 4.11. The maximum absolute atomic E-state index is 8.57. The van der Waals surface area contributed by atoms with Gasteiger partial charge >= 0.3 is 0 Å². The molecule has 0 saturated heterocycles. The molecule has 0 aliphatic heterocycles. The van der Waals surface area contributed by atoms with Gasteiger partial charge in [0, 0.05) is 24.6 Å². The highest BCUT2D eigenvalue weighted by atomic mass is 35.5. The zero-order valence-corrected chi connectivity index (χ0v) is 10.3. The van der Waals surface area contributed by atoms with Crippen LogP contribution < -0.4 is 5.73 Å².